The second-order valence-electron chi connectivity index (χ2n) is 5.24. The molecule has 0 bridgehead atoms. The van der Waals surface area contributed by atoms with Crippen LogP contribution < -0.4 is 0 Å². The SMILES string of the molecule is CCc1cc(C)nc(C)c1C(=O)OC(C)(C)C. The molecule has 0 aliphatic rings. The van der Waals surface area contributed by atoms with Gasteiger partial charge in [-0.2, -0.15) is 0 Å². The first kappa shape index (κ1) is 13.7. The van der Waals surface area contributed by atoms with Gasteiger partial charge >= 0.3 is 5.97 Å². The van der Waals surface area contributed by atoms with E-state index in [1.54, 1.807) is 0 Å². The van der Waals surface area contributed by atoms with Crippen LogP contribution in [0.2, 0.25) is 0 Å². The number of nitrogens with zero attached hydrogens (tertiary/aromatic N) is 1. The number of hydrogen-bond donors (Lipinski definition) is 0. The van der Waals surface area contributed by atoms with Gasteiger partial charge < -0.3 is 4.74 Å². The molecule has 0 saturated carbocycles. The van der Waals surface area contributed by atoms with Crippen molar-refractivity contribution in [3.8, 4) is 0 Å². The van der Waals surface area contributed by atoms with E-state index in [0.717, 1.165) is 23.4 Å². The van der Waals surface area contributed by atoms with Gasteiger partial charge in [0.1, 0.15) is 5.60 Å². The third kappa shape index (κ3) is 3.55. The second kappa shape index (κ2) is 4.86. The molecule has 0 amide bonds. The summed E-state index contributed by atoms with van der Waals surface area (Å²) in [5.41, 5.74) is 2.83. The number of pyridine rings is 1. The van der Waals surface area contributed by atoms with Gasteiger partial charge in [-0.1, -0.05) is 6.92 Å². The number of aromatic nitrogens is 1. The zero-order chi connectivity index (χ0) is 13.2. The summed E-state index contributed by atoms with van der Waals surface area (Å²) in [5, 5.41) is 0. The number of carbonyl (C=O) groups is 1. The number of rotatable bonds is 2. The Balaban J connectivity index is 3.17. The minimum atomic E-state index is -0.473. The van der Waals surface area contributed by atoms with E-state index in [1.165, 1.54) is 0 Å². The highest BCUT2D eigenvalue weighted by Gasteiger charge is 2.22. The number of carbonyl (C=O) groups excluding carboxylic acids is 1. The molecule has 1 heterocycles. The van der Waals surface area contributed by atoms with E-state index in [-0.39, 0.29) is 5.97 Å². The van der Waals surface area contributed by atoms with Crippen LogP contribution in [0.15, 0.2) is 6.07 Å². The minimum Gasteiger partial charge on any atom is -0.456 e. The maximum Gasteiger partial charge on any atom is 0.340 e. The molecule has 3 heteroatoms. The fourth-order valence-corrected chi connectivity index (χ4v) is 1.80. The molecule has 94 valence electrons. The van der Waals surface area contributed by atoms with Crippen molar-refractivity contribution in [3.05, 3.63) is 28.6 Å². The first-order chi connectivity index (χ1) is 7.74. The smallest absolute Gasteiger partial charge is 0.340 e. The average molecular weight is 235 g/mol. The molecule has 1 rings (SSSR count). The van der Waals surface area contributed by atoms with E-state index in [9.17, 15) is 4.79 Å². The second-order valence-corrected chi connectivity index (χ2v) is 5.24. The van der Waals surface area contributed by atoms with Gasteiger partial charge in [0, 0.05) is 5.69 Å². The Morgan fingerprint density at radius 1 is 1.35 bits per heavy atom. The predicted octanol–water partition coefficient (Wildman–Crippen LogP) is 3.22. The third-order valence-corrected chi connectivity index (χ3v) is 2.39. The molecule has 0 saturated heterocycles. The zero-order valence-corrected chi connectivity index (χ0v) is 11.5. The molecule has 0 aliphatic carbocycles. The van der Waals surface area contributed by atoms with Gasteiger partial charge in [0.2, 0.25) is 0 Å². The molecule has 1 aromatic heterocycles. The van der Waals surface area contributed by atoms with Gasteiger partial charge in [0.15, 0.2) is 0 Å². The Morgan fingerprint density at radius 2 is 1.94 bits per heavy atom. The maximum absolute atomic E-state index is 12.1. The number of hydrogen-bond acceptors (Lipinski definition) is 3. The highest BCUT2D eigenvalue weighted by Crippen LogP contribution is 2.19. The van der Waals surface area contributed by atoms with Gasteiger partial charge in [0.05, 0.1) is 11.3 Å². The van der Waals surface area contributed by atoms with Crippen LogP contribution in [-0.2, 0) is 11.2 Å². The Morgan fingerprint density at radius 3 is 2.41 bits per heavy atom. The molecule has 0 N–H and O–H groups in total. The maximum atomic E-state index is 12.1. The Hall–Kier alpha value is -1.38. The van der Waals surface area contributed by atoms with Crippen LogP contribution in [0.4, 0.5) is 0 Å². The van der Waals surface area contributed by atoms with Crippen molar-refractivity contribution in [1.29, 1.82) is 0 Å². The van der Waals surface area contributed by atoms with Crippen molar-refractivity contribution in [3.63, 3.8) is 0 Å². The van der Waals surface area contributed by atoms with Crippen LogP contribution in [0.25, 0.3) is 0 Å². The summed E-state index contributed by atoms with van der Waals surface area (Å²) in [6.07, 6.45) is 0.804. The molecule has 3 nitrogen and oxygen atoms in total. The lowest BCUT2D eigenvalue weighted by Crippen LogP contribution is -2.25. The van der Waals surface area contributed by atoms with Crippen molar-refractivity contribution in [2.75, 3.05) is 0 Å². The van der Waals surface area contributed by atoms with E-state index < -0.39 is 5.60 Å². The van der Waals surface area contributed by atoms with Crippen LogP contribution in [0, 0.1) is 13.8 Å². The molecule has 0 fully saturated rings. The largest absolute Gasteiger partial charge is 0.456 e. The van der Waals surface area contributed by atoms with Gasteiger partial charge in [-0.3, -0.25) is 4.98 Å². The molecule has 0 radical (unpaired) electrons. The van der Waals surface area contributed by atoms with Crippen LogP contribution in [0.5, 0.6) is 0 Å². The van der Waals surface area contributed by atoms with Crippen LogP contribution >= 0.6 is 0 Å². The number of esters is 1. The van der Waals surface area contributed by atoms with E-state index in [4.69, 9.17) is 4.74 Å². The highest BCUT2D eigenvalue weighted by molar-refractivity contribution is 5.92. The van der Waals surface area contributed by atoms with E-state index in [2.05, 4.69) is 4.98 Å². The van der Waals surface area contributed by atoms with Crippen molar-refractivity contribution < 1.29 is 9.53 Å². The normalized spacial score (nSPS) is 11.4. The van der Waals surface area contributed by atoms with Crippen LogP contribution in [0.1, 0.15) is 55.0 Å². The summed E-state index contributed by atoms with van der Waals surface area (Å²) in [5.74, 6) is -0.278. The lowest BCUT2D eigenvalue weighted by atomic mass is 10.0. The molecule has 0 atom stereocenters. The fourth-order valence-electron chi connectivity index (χ4n) is 1.80. The molecule has 17 heavy (non-hydrogen) atoms. The molecular formula is C14H21NO2. The first-order valence-corrected chi connectivity index (χ1v) is 5.95. The topological polar surface area (TPSA) is 39.2 Å². The van der Waals surface area contributed by atoms with Crippen LogP contribution in [-0.4, -0.2) is 16.6 Å². The summed E-state index contributed by atoms with van der Waals surface area (Å²) < 4.78 is 5.41. The Kier molecular flexibility index (Phi) is 3.91. The molecular weight excluding hydrogens is 214 g/mol. The molecule has 0 aromatic carbocycles. The molecule has 0 spiro atoms. The lowest BCUT2D eigenvalue weighted by Gasteiger charge is -2.21. The number of aryl methyl sites for hydroxylation is 3. The molecule has 1 aromatic rings. The van der Waals surface area contributed by atoms with Crippen molar-refractivity contribution in [2.45, 2.75) is 53.6 Å². The summed E-state index contributed by atoms with van der Waals surface area (Å²) in [6, 6.07) is 1.95. The van der Waals surface area contributed by atoms with Gasteiger partial charge in [0.25, 0.3) is 0 Å². The first-order valence-electron chi connectivity index (χ1n) is 5.95. The van der Waals surface area contributed by atoms with E-state index >= 15 is 0 Å². The van der Waals surface area contributed by atoms with Gasteiger partial charge in [-0.15, -0.1) is 0 Å². The van der Waals surface area contributed by atoms with E-state index in [0.29, 0.717) is 5.56 Å². The number of ether oxygens (including phenoxy) is 1. The fraction of sp³-hybridized carbons (Fsp3) is 0.571. The zero-order valence-electron chi connectivity index (χ0n) is 11.5. The molecule has 0 unspecified atom stereocenters. The predicted molar refractivity (Wildman–Crippen MR) is 68.3 cm³/mol. The molecule has 0 aliphatic heterocycles. The quantitative estimate of drug-likeness (QED) is 0.739. The summed E-state index contributed by atoms with van der Waals surface area (Å²) in [6.45, 7) is 11.4. The lowest BCUT2D eigenvalue weighted by molar-refractivity contribution is 0.00671. The average Bonchev–Trinajstić information content (AvgIpc) is 2.12. The minimum absolute atomic E-state index is 0.278. The van der Waals surface area contributed by atoms with Gasteiger partial charge in [-0.05, 0) is 52.7 Å². The Labute approximate surface area is 103 Å². The highest BCUT2D eigenvalue weighted by atomic mass is 16.6. The monoisotopic (exact) mass is 235 g/mol. The van der Waals surface area contributed by atoms with Gasteiger partial charge in [-0.25, -0.2) is 4.79 Å². The summed E-state index contributed by atoms with van der Waals surface area (Å²) in [4.78, 5) is 16.4. The van der Waals surface area contributed by atoms with Crippen molar-refractivity contribution in [1.82, 2.24) is 4.98 Å². The van der Waals surface area contributed by atoms with E-state index in [1.807, 2.05) is 47.6 Å². The summed E-state index contributed by atoms with van der Waals surface area (Å²) >= 11 is 0. The van der Waals surface area contributed by atoms with Crippen molar-refractivity contribution >= 4 is 5.97 Å². The third-order valence-electron chi connectivity index (χ3n) is 2.39. The standard InChI is InChI=1S/C14H21NO2/c1-7-11-8-9(2)15-10(3)12(11)13(16)17-14(4,5)6/h8H,7H2,1-6H3. The summed E-state index contributed by atoms with van der Waals surface area (Å²) in [7, 11) is 0. The van der Waals surface area contributed by atoms with Crippen molar-refractivity contribution in [2.24, 2.45) is 0 Å². The Bertz CT molecular complexity index is 431. The van der Waals surface area contributed by atoms with Crippen LogP contribution in [0.3, 0.4) is 0 Å².